The van der Waals surface area contributed by atoms with E-state index in [1.807, 2.05) is 38.1 Å². The van der Waals surface area contributed by atoms with Crippen LogP contribution in [0.4, 0.5) is 0 Å². The van der Waals surface area contributed by atoms with Crippen molar-refractivity contribution in [3.05, 3.63) is 64.1 Å². The molecule has 2 heterocycles. The first-order valence-corrected chi connectivity index (χ1v) is 12.2. The number of carbonyl (C=O) groups excluding carboxylic acids is 1. The van der Waals surface area contributed by atoms with E-state index in [1.165, 1.54) is 27.1 Å². The minimum Gasteiger partial charge on any atom is -0.408 e. The molecule has 0 saturated carbocycles. The van der Waals surface area contributed by atoms with Crippen LogP contribution in [0.5, 0.6) is 0 Å². The summed E-state index contributed by atoms with van der Waals surface area (Å²) in [5.41, 5.74) is 2.61. The lowest BCUT2D eigenvalue weighted by Gasteiger charge is -2.32. The first-order chi connectivity index (χ1) is 15.3. The fourth-order valence-electron chi connectivity index (χ4n) is 4.03. The number of amides is 1. The molecule has 0 radical (unpaired) electrons. The Kier molecular flexibility index (Phi) is 6.21. The van der Waals surface area contributed by atoms with Gasteiger partial charge in [0.2, 0.25) is 15.9 Å². The molecule has 0 bridgehead atoms. The van der Waals surface area contributed by atoms with Crippen molar-refractivity contribution >= 4 is 27.0 Å². The average molecular weight is 458 g/mol. The molecule has 170 valence electrons. The summed E-state index contributed by atoms with van der Waals surface area (Å²) in [6.07, 6.45) is 2.66. The second-order valence-corrected chi connectivity index (χ2v) is 10.2. The first kappa shape index (κ1) is 22.3. The van der Waals surface area contributed by atoms with Crippen LogP contribution in [0.2, 0.25) is 0 Å². The molecule has 0 aliphatic carbocycles. The van der Waals surface area contributed by atoms with Crippen LogP contribution in [0.15, 0.2) is 56.6 Å². The minimum absolute atomic E-state index is 0.0710. The van der Waals surface area contributed by atoms with E-state index < -0.39 is 15.8 Å². The van der Waals surface area contributed by atoms with Crippen LogP contribution in [0.1, 0.15) is 37.3 Å². The van der Waals surface area contributed by atoms with Crippen LogP contribution in [-0.4, -0.2) is 35.8 Å². The number of carbonyl (C=O) groups is 1. The maximum atomic E-state index is 13.1. The Labute approximate surface area is 186 Å². The van der Waals surface area contributed by atoms with Gasteiger partial charge in [0.05, 0.1) is 10.4 Å². The number of piperidine rings is 1. The maximum Gasteiger partial charge on any atom is 0.420 e. The molecular weight excluding hydrogens is 430 g/mol. The molecule has 1 aromatic heterocycles. The summed E-state index contributed by atoms with van der Waals surface area (Å²) in [5.74, 6) is -1.04. The molecule has 1 aliphatic rings. The quantitative estimate of drug-likeness (QED) is 0.613. The Hall–Kier alpha value is -2.91. The number of hydrogen-bond donors (Lipinski definition) is 1. The van der Waals surface area contributed by atoms with E-state index in [2.05, 4.69) is 5.32 Å². The lowest BCUT2D eigenvalue weighted by Crippen LogP contribution is -2.41. The molecule has 1 saturated heterocycles. The molecular formula is C23H27N3O5S. The van der Waals surface area contributed by atoms with Crippen molar-refractivity contribution in [1.82, 2.24) is 14.2 Å². The van der Waals surface area contributed by atoms with Crippen molar-refractivity contribution in [1.29, 1.82) is 0 Å². The van der Waals surface area contributed by atoms with Gasteiger partial charge in [-0.15, -0.1) is 0 Å². The second kappa shape index (κ2) is 8.91. The third kappa shape index (κ3) is 4.49. The zero-order valence-electron chi connectivity index (χ0n) is 18.2. The Morgan fingerprint density at radius 3 is 2.62 bits per heavy atom. The molecule has 2 aromatic carbocycles. The molecule has 32 heavy (non-hydrogen) atoms. The van der Waals surface area contributed by atoms with Crippen LogP contribution in [0, 0.1) is 6.92 Å². The number of nitrogens with zero attached hydrogens (tertiary/aromatic N) is 2. The molecule has 1 fully saturated rings. The Balaban J connectivity index is 1.52. The smallest absolute Gasteiger partial charge is 0.408 e. The highest BCUT2D eigenvalue weighted by molar-refractivity contribution is 7.89. The second-order valence-electron chi connectivity index (χ2n) is 8.31. The highest BCUT2D eigenvalue weighted by atomic mass is 32.2. The van der Waals surface area contributed by atoms with Crippen molar-refractivity contribution < 1.29 is 17.6 Å². The summed E-state index contributed by atoms with van der Waals surface area (Å²) in [4.78, 5) is 24.8. The molecule has 0 unspecified atom stereocenters. The number of aryl methyl sites for hydroxylation is 1. The van der Waals surface area contributed by atoms with Gasteiger partial charge in [-0.05, 0) is 44.4 Å². The minimum atomic E-state index is -3.69. The lowest BCUT2D eigenvalue weighted by molar-refractivity contribution is -0.121. The number of aromatic nitrogens is 1. The van der Waals surface area contributed by atoms with E-state index in [0.29, 0.717) is 18.6 Å². The fraction of sp³-hybridized carbons (Fsp3) is 0.391. The van der Waals surface area contributed by atoms with Gasteiger partial charge < -0.3 is 9.73 Å². The van der Waals surface area contributed by atoms with E-state index >= 15 is 0 Å². The van der Waals surface area contributed by atoms with Gasteiger partial charge in [0, 0.05) is 25.2 Å². The zero-order chi connectivity index (χ0) is 22.9. The molecule has 0 spiro atoms. The topological polar surface area (TPSA) is 102 Å². The largest absolute Gasteiger partial charge is 0.420 e. The van der Waals surface area contributed by atoms with Gasteiger partial charge >= 0.3 is 5.76 Å². The van der Waals surface area contributed by atoms with Crippen molar-refractivity contribution in [3.63, 3.8) is 0 Å². The van der Waals surface area contributed by atoms with E-state index in [-0.39, 0.29) is 29.0 Å². The summed E-state index contributed by atoms with van der Waals surface area (Å²) in [7, 11) is -3.69. The van der Waals surface area contributed by atoms with Crippen molar-refractivity contribution in [3.8, 4) is 0 Å². The summed E-state index contributed by atoms with van der Waals surface area (Å²) in [6, 6.07) is 12.1. The zero-order valence-corrected chi connectivity index (χ0v) is 19.0. The van der Waals surface area contributed by atoms with Gasteiger partial charge in [-0.3, -0.25) is 9.36 Å². The van der Waals surface area contributed by atoms with Gasteiger partial charge in [0.15, 0.2) is 5.58 Å². The van der Waals surface area contributed by atoms with Crippen LogP contribution < -0.4 is 11.1 Å². The summed E-state index contributed by atoms with van der Waals surface area (Å²) in [6.45, 7) is 4.50. The normalized spacial score (nSPS) is 17.5. The Morgan fingerprint density at radius 1 is 1.16 bits per heavy atom. The van der Waals surface area contributed by atoms with E-state index in [1.54, 1.807) is 0 Å². The van der Waals surface area contributed by atoms with Gasteiger partial charge in [-0.1, -0.05) is 36.2 Å². The number of oxazole rings is 1. The first-order valence-electron chi connectivity index (χ1n) is 10.7. The molecule has 9 heteroatoms. The molecule has 1 aliphatic heterocycles. The molecule has 1 atom stereocenters. The van der Waals surface area contributed by atoms with Crippen LogP contribution in [0.25, 0.3) is 11.1 Å². The van der Waals surface area contributed by atoms with Gasteiger partial charge in [-0.2, -0.15) is 4.31 Å². The highest BCUT2D eigenvalue weighted by Crippen LogP contribution is 2.27. The predicted molar refractivity (Wildman–Crippen MR) is 121 cm³/mol. The predicted octanol–water partition coefficient (Wildman–Crippen LogP) is 2.78. The van der Waals surface area contributed by atoms with Gasteiger partial charge in [0.1, 0.15) is 6.54 Å². The van der Waals surface area contributed by atoms with Crippen LogP contribution in [-0.2, 0) is 27.9 Å². The third-order valence-corrected chi connectivity index (χ3v) is 7.91. The molecule has 8 nitrogen and oxygen atoms in total. The molecule has 4 rings (SSSR count). The summed E-state index contributed by atoms with van der Waals surface area (Å²) in [5, 5.41) is 2.79. The molecule has 1 amide bonds. The lowest BCUT2D eigenvalue weighted by atomic mass is 10.1. The number of benzene rings is 2. The SMILES string of the molecule is Cc1ccc(CNC(=O)Cn2c(=O)oc3cc(S(=O)(=O)N4CCCC[C@@H]4C)ccc32)cc1. The number of rotatable bonds is 6. The number of sulfonamides is 1. The standard InChI is InChI=1S/C23H27N3O5S/c1-16-6-8-18(9-7-16)14-24-22(27)15-25-20-11-10-19(13-21(20)31-23(25)28)32(29,30)26-12-4-3-5-17(26)2/h6-11,13,17H,3-5,12,14-15H2,1-2H3,(H,24,27)/t17-/m0/s1. The van der Waals surface area contributed by atoms with Gasteiger partial charge in [0.25, 0.3) is 0 Å². The van der Waals surface area contributed by atoms with Gasteiger partial charge in [-0.25, -0.2) is 13.2 Å². The van der Waals surface area contributed by atoms with Crippen LogP contribution >= 0.6 is 0 Å². The van der Waals surface area contributed by atoms with E-state index in [0.717, 1.165) is 30.4 Å². The maximum absolute atomic E-state index is 13.1. The number of nitrogens with one attached hydrogen (secondary N) is 1. The Bertz CT molecular complexity index is 1290. The monoisotopic (exact) mass is 457 g/mol. The third-order valence-electron chi connectivity index (χ3n) is 5.90. The van der Waals surface area contributed by atoms with Crippen molar-refractivity contribution in [2.75, 3.05) is 6.54 Å². The van der Waals surface area contributed by atoms with Crippen molar-refractivity contribution in [2.45, 2.75) is 57.1 Å². The summed E-state index contributed by atoms with van der Waals surface area (Å²) < 4.78 is 34.2. The molecule has 3 aromatic rings. The number of hydrogen-bond acceptors (Lipinski definition) is 5. The average Bonchev–Trinajstić information content (AvgIpc) is 3.08. The van der Waals surface area contributed by atoms with E-state index in [9.17, 15) is 18.0 Å². The summed E-state index contributed by atoms with van der Waals surface area (Å²) >= 11 is 0. The number of fused-ring (bicyclic) bond motifs is 1. The van der Waals surface area contributed by atoms with E-state index in [4.69, 9.17) is 4.42 Å². The van der Waals surface area contributed by atoms with Crippen molar-refractivity contribution in [2.24, 2.45) is 0 Å². The highest BCUT2D eigenvalue weighted by Gasteiger charge is 2.31. The van der Waals surface area contributed by atoms with Crippen LogP contribution in [0.3, 0.4) is 0 Å². The Morgan fingerprint density at radius 2 is 1.91 bits per heavy atom. The fourth-order valence-corrected chi connectivity index (χ4v) is 5.74. The molecule has 1 N–H and O–H groups in total.